The van der Waals surface area contributed by atoms with Gasteiger partial charge in [0.1, 0.15) is 19.0 Å². The van der Waals surface area contributed by atoms with Crippen molar-refractivity contribution in [2.75, 3.05) is 13.2 Å². The van der Waals surface area contributed by atoms with E-state index >= 15 is 0 Å². The number of carbonyl (C=O) groups excluding carboxylic acids is 2. The molecular formula is C25H20N2O5. The van der Waals surface area contributed by atoms with Gasteiger partial charge >= 0.3 is 0 Å². The van der Waals surface area contributed by atoms with Crippen molar-refractivity contribution in [1.29, 1.82) is 0 Å². The molecule has 1 saturated heterocycles. The van der Waals surface area contributed by atoms with Crippen LogP contribution in [0, 0.1) is 0 Å². The van der Waals surface area contributed by atoms with Gasteiger partial charge in [-0.1, -0.05) is 36.4 Å². The van der Waals surface area contributed by atoms with Crippen LogP contribution in [-0.2, 0) is 16.1 Å². The van der Waals surface area contributed by atoms with E-state index in [0.29, 0.717) is 35.8 Å². The van der Waals surface area contributed by atoms with Crippen LogP contribution in [0.5, 0.6) is 11.5 Å². The highest BCUT2D eigenvalue weighted by Crippen LogP contribution is 2.41. The van der Waals surface area contributed by atoms with Gasteiger partial charge in [0.25, 0.3) is 11.7 Å². The highest BCUT2D eigenvalue weighted by Gasteiger charge is 2.46. The van der Waals surface area contributed by atoms with Crippen LogP contribution >= 0.6 is 0 Å². The van der Waals surface area contributed by atoms with Gasteiger partial charge in [0.15, 0.2) is 11.5 Å². The average Bonchev–Trinajstić information content (AvgIpc) is 3.09. The van der Waals surface area contributed by atoms with Crippen molar-refractivity contribution in [3.05, 3.63) is 95.3 Å². The Hall–Kier alpha value is -4.13. The number of aliphatic hydroxyl groups excluding tert-OH is 1. The van der Waals surface area contributed by atoms with Crippen molar-refractivity contribution < 1.29 is 24.2 Å². The smallest absolute Gasteiger partial charge is 0.295 e. The fourth-order valence-electron chi connectivity index (χ4n) is 4.05. The zero-order valence-electron chi connectivity index (χ0n) is 17.1. The number of fused-ring (bicyclic) bond motifs is 1. The van der Waals surface area contributed by atoms with Crippen molar-refractivity contribution in [3.63, 3.8) is 0 Å². The number of carbonyl (C=O) groups is 2. The lowest BCUT2D eigenvalue weighted by Crippen LogP contribution is -2.29. The number of likely N-dealkylation sites (tertiary alicyclic amines) is 1. The molecule has 0 unspecified atom stereocenters. The van der Waals surface area contributed by atoms with Crippen LogP contribution < -0.4 is 9.47 Å². The second-order valence-electron chi connectivity index (χ2n) is 7.56. The van der Waals surface area contributed by atoms with E-state index in [2.05, 4.69) is 4.98 Å². The Morgan fingerprint density at radius 2 is 1.78 bits per heavy atom. The second-order valence-corrected chi connectivity index (χ2v) is 7.56. The molecule has 1 atom stereocenters. The Kier molecular flexibility index (Phi) is 5.07. The molecule has 1 fully saturated rings. The van der Waals surface area contributed by atoms with Crippen LogP contribution in [0.25, 0.3) is 5.76 Å². The summed E-state index contributed by atoms with van der Waals surface area (Å²) in [5.41, 5.74) is 1.92. The van der Waals surface area contributed by atoms with Crippen LogP contribution in [0.2, 0.25) is 0 Å². The quantitative estimate of drug-likeness (QED) is 0.389. The summed E-state index contributed by atoms with van der Waals surface area (Å²) < 4.78 is 11.1. The molecule has 1 aromatic heterocycles. The van der Waals surface area contributed by atoms with Crippen molar-refractivity contribution in [3.8, 4) is 11.5 Å². The van der Waals surface area contributed by atoms with Crippen LogP contribution in [0.3, 0.4) is 0 Å². The summed E-state index contributed by atoms with van der Waals surface area (Å²) in [6.07, 6.45) is 3.22. The van der Waals surface area contributed by atoms with Crippen molar-refractivity contribution >= 4 is 17.4 Å². The first-order valence-electron chi connectivity index (χ1n) is 10.3. The number of hydrogen-bond acceptors (Lipinski definition) is 6. The third-order valence-corrected chi connectivity index (χ3v) is 5.55. The van der Waals surface area contributed by atoms with Gasteiger partial charge in [-0.25, -0.2) is 0 Å². The second kappa shape index (κ2) is 8.19. The fraction of sp³-hybridized carbons (Fsp3) is 0.160. The Morgan fingerprint density at radius 1 is 1.00 bits per heavy atom. The van der Waals surface area contributed by atoms with Crippen molar-refractivity contribution in [2.24, 2.45) is 0 Å². The molecule has 7 heteroatoms. The SMILES string of the molecule is O=C1C(=O)N(Cc2ccccc2)[C@@H](c2cccnc2)/C1=C(\O)c1ccc2c(c1)OCCO2. The average molecular weight is 428 g/mol. The zero-order valence-corrected chi connectivity index (χ0v) is 17.1. The van der Waals surface area contributed by atoms with Gasteiger partial charge in [-0.3, -0.25) is 14.6 Å². The molecule has 0 aliphatic carbocycles. The lowest BCUT2D eigenvalue weighted by Gasteiger charge is -2.25. The number of aliphatic hydroxyl groups is 1. The van der Waals surface area contributed by atoms with E-state index < -0.39 is 17.7 Å². The third kappa shape index (κ3) is 3.47. The van der Waals surface area contributed by atoms with Gasteiger partial charge < -0.3 is 19.5 Å². The fourth-order valence-corrected chi connectivity index (χ4v) is 4.05. The van der Waals surface area contributed by atoms with E-state index in [4.69, 9.17) is 9.47 Å². The number of rotatable bonds is 4. The first-order chi connectivity index (χ1) is 15.6. The summed E-state index contributed by atoms with van der Waals surface area (Å²) in [4.78, 5) is 31.8. The predicted octanol–water partition coefficient (Wildman–Crippen LogP) is 3.47. The molecule has 1 N–H and O–H groups in total. The Bertz CT molecular complexity index is 1210. The molecule has 0 bridgehead atoms. The van der Waals surface area contributed by atoms with Crippen LogP contribution in [0.4, 0.5) is 0 Å². The van der Waals surface area contributed by atoms with Crippen molar-refractivity contribution in [2.45, 2.75) is 12.6 Å². The standard InChI is InChI=1S/C25H20N2O5/c28-23(17-8-9-19-20(13-17)32-12-11-31-19)21-22(18-7-4-10-26-14-18)27(25(30)24(21)29)15-16-5-2-1-3-6-16/h1-10,13-14,22,28H,11-12,15H2/b23-21+/t22-/m0/s1. The number of nitrogens with zero attached hydrogens (tertiary/aromatic N) is 2. The molecule has 7 nitrogen and oxygen atoms in total. The molecule has 5 rings (SSSR count). The molecule has 2 aliphatic heterocycles. The molecule has 2 aromatic carbocycles. The predicted molar refractivity (Wildman–Crippen MR) is 116 cm³/mol. The summed E-state index contributed by atoms with van der Waals surface area (Å²) in [7, 11) is 0. The highest BCUT2D eigenvalue weighted by atomic mass is 16.6. The largest absolute Gasteiger partial charge is 0.507 e. The Morgan fingerprint density at radius 3 is 2.53 bits per heavy atom. The number of aromatic nitrogens is 1. The number of amides is 1. The first kappa shape index (κ1) is 19.8. The number of benzene rings is 2. The number of pyridine rings is 1. The lowest BCUT2D eigenvalue weighted by molar-refractivity contribution is -0.140. The third-order valence-electron chi connectivity index (χ3n) is 5.55. The summed E-state index contributed by atoms with van der Waals surface area (Å²) in [6.45, 7) is 1.07. The molecule has 1 amide bonds. The number of ketones is 1. The van der Waals surface area contributed by atoms with E-state index in [0.717, 1.165) is 5.56 Å². The molecule has 3 heterocycles. The minimum absolute atomic E-state index is 0.0237. The van der Waals surface area contributed by atoms with Gasteiger partial charge in [0, 0.05) is 24.5 Å². The topological polar surface area (TPSA) is 89.0 Å². The van der Waals surface area contributed by atoms with E-state index in [1.165, 1.54) is 4.90 Å². The highest BCUT2D eigenvalue weighted by molar-refractivity contribution is 6.46. The summed E-state index contributed by atoms with van der Waals surface area (Å²) in [5.74, 6) is -0.605. The molecule has 0 saturated carbocycles. The molecule has 0 spiro atoms. The first-order valence-corrected chi connectivity index (χ1v) is 10.3. The maximum absolute atomic E-state index is 13.1. The summed E-state index contributed by atoms with van der Waals surface area (Å²) in [6, 6.07) is 17.1. The van der Waals surface area contributed by atoms with Gasteiger partial charge in [0.2, 0.25) is 0 Å². The number of hydrogen-bond donors (Lipinski definition) is 1. The van der Waals surface area contributed by atoms with Gasteiger partial charge in [-0.2, -0.15) is 0 Å². The maximum Gasteiger partial charge on any atom is 0.295 e. The minimum Gasteiger partial charge on any atom is -0.507 e. The summed E-state index contributed by atoms with van der Waals surface area (Å²) in [5, 5.41) is 11.2. The van der Waals surface area contributed by atoms with Crippen LogP contribution in [0.15, 0.2) is 78.6 Å². The number of ether oxygens (including phenoxy) is 2. The Balaban J connectivity index is 1.62. The van der Waals surface area contributed by atoms with Gasteiger partial charge in [-0.15, -0.1) is 0 Å². The van der Waals surface area contributed by atoms with E-state index in [1.807, 2.05) is 30.3 Å². The monoisotopic (exact) mass is 428 g/mol. The maximum atomic E-state index is 13.1. The van der Waals surface area contributed by atoms with E-state index in [9.17, 15) is 14.7 Å². The molecular weight excluding hydrogens is 408 g/mol. The molecule has 2 aliphatic rings. The molecule has 32 heavy (non-hydrogen) atoms. The lowest BCUT2D eigenvalue weighted by atomic mass is 9.96. The van der Waals surface area contributed by atoms with Crippen LogP contribution in [-0.4, -0.2) is 39.9 Å². The molecule has 160 valence electrons. The van der Waals surface area contributed by atoms with Gasteiger partial charge in [-0.05, 0) is 35.4 Å². The van der Waals surface area contributed by atoms with Gasteiger partial charge in [0.05, 0.1) is 11.6 Å². The summed E-state index contributed by atoms with van der Waals surface area (Å²) >= 11 is 0. The number of Topliss-reactive ketones (excluding diaryl/α,β-unsaturated/α-hetero) is 1. The molecule has 0 radical (unpaired) electrons. The van der Waals surface area contributed by atoms with E-state index in [-0.39, 0.29) is 17.9 Å². The molecule has 3 aromatic rings. The van der Waals surface area contributed by atoms with Crippen LogP contribution in [0.1, 0.15) is 22.7 Å². The zero-order chi connectivity index (χ0) is 22.1. The minimum atomic E-state index is -0.767. The van der Waals surface area contributed by atoms with Crippen molar-refractivity contribution in [1.82, 2.24) is 9.88 Å². The Labute approximate surface area is 184 Å². The normalized spacial score (nSPS) is 19.2. The van der Waals surface area contributed by atoms with E-state index in [1.54, 1.807) is 42.7 Å².